The van der Waals surface area contributed by atoms with E-state index in [9.17, 15) is 4.79 Å². The van der Waals surface area contributed by atoms with E-state index in [0.717, 1.165) is 17.8 Å². The van der Waals surface area contributed by atoms with Gasteiger partial charge in [0.25, 0.3) is 5.91 Å². The zero-order valence-corrected chi connectivity index (χ0v) is 13.3. The molecule has 4 nitrogen and oxygen atoms in total. The van der Waals surface area contributed by atoms with Crippen LogP contribution in [0, 0.1) is 5.92 Å². The third-order valence-corrected chi connectivity index (χ3v) is 4.11. The zero-order chi connectivity index (χ0) is 15.2. The number of carbonyl (C=O) groups is 1. The van der Waals surface area contributed by atoms with Crippen molar-refractivity contribution in [3.8, 4) is 0 Å². The molecule has 0 saturated heterocycles. The molecule has 1 aliphatic carbocycles. The molecule has 21 heavy (non-hydrogen) atoms. The highest BCUT2D eigenvalue weighted by atomic mass is 16.5. The lowest BCUT2D eigenvalue weighted by atomic mass is 10.1. The summed E-state index contributed by atoms with van der Waals surface area (Å²) in [4.78, 5) is 14.7. The highest BCUT2D eigenvalue weighted by molar-refractivity contribution is 5.94. The Kier molecular flexibility index (Phi) is 5.62. The van der Waals surface area contributed by atoms with Crippen molar-refractivity contribution in [3.05, 3.63) is 29.8 Å². The summed E-state index contributed by atoms with van der Waals surface area (Å²) < 4.78 is 5.16. The molecule has 1 amide bonds. The highest BCUT2D eigenvalue weighted by Crippen LogP contribution is 2.35. The Morgan fingerprint density at radius 2 is 2.05 bits per heavy atom. The topological polar surface area (TPSA) is 41.6 Å². The first kappa shape index (κ1) is 15.8. The SMILES string of the molecule is CCNc1ccc(C(=O)N(CCOC)C(C)C2CC2)cc1. The van der Waals surface area contributed by atoms with Crippen molar-refractivity contribution in [3.63, 3.8) is 0 Å². The number of rotatable bonds is 8. The molecule has 116 valence electrons. The molecule has 1 aromatic carbocycles. The first-order chi connectivity index (χ1) is 10.2. The molecule has 0 bridgehead atoms. The van der Waals surface area contributed by atoms with Gasteiger partial charge in [0, 0.05) is 37.5 Å². The number of benzene rings is 1. The minimum Gasteiger partial charge on any atom is -0.385 e. The van der Waals surface area contributed by atoms with Gasteiger partial charge in [0.2, 0.25) is 0 Å². The maximum atomic E-state index is 12.7. The number of hydrogen-bond acceptors (Lipinski definition) is 3. The third kappa shape index (κ3) is 4.21. The van der Waals surface area contributed by atoms with Crippen LogP contribution in [0.25, 0.3) is 0 Å². The van der Waals surface area contributed by atoms with E-state index in [4.69, 9.17) is 4.74 Å². The minimum absolute atomic E-state index is 0.106. The van der Waals surface area contributed by atoms with Gasteiger partial charge in [-0.1, -0.05) is 0 Å². The lowest BCUT2D eigenvalue weighted by Crippen LogP contribution is -2.42. The molecular weight excluding hydrogens is 264 g/mol. The summed E-state index contributed by atoms with van der Waals surface area (Å²) in [6, 6.07) is 8.03. The van der Waals surface area contributed by atoms with Crippen molar-refractivity contribution in [2.24, 2.45) is 5.92 Å². The van der Waals surface area contributed by atoms with Gasteiger partial charge in [0.1, 0.15) is 0 Å². The van der Waals surface area contributed by atoms with Crippen LogP contribution in [0.4, 0.5) is 5.69 Å². The van der Waals surface area contributed by atoms with Gasteiger partial charge in [-0.3, -0.25) is 4.79 Å². The van der Waals surface area contributed by atoms with Crippen LogP contribution in [0.15, 0.2) is 24.3 Å². The molecule has 4 heteroatoms. The van der Waals surface area contributed by atoms with E-state index in [-0.39, 0.29) is 5.91 Å². The molecule has 1 aromatic rings. The van der Waals surface area contributed by atoms with E-state index in [1.54, 1.807) is 7.11 Å². The zero-order valence-electron chi connectivity index (χ0n) is 13.3. The van der Waals surface area contributed by atoms with Crippen LogP contribution in [0.1, 0.15) is 37.0 Å². The number of carbonyl (C=O) groups excluding carboxylic acids is 1. The van der Waals surface area contributed by atoms with Crippen molar-refractivity contribution in [2.45, 2.75) is 32.7 Å². The summed E-state index contributed by atoms with van der Waals surface area (Å²) in [6.07, 6.45) is 2.47. The molecule has 2 rings (SSSR count). The van der Waals surface area contributed by atoms with Crippen molar-refractivity contribution in [1.82, 2.24) is 4.90 Å². The normalized spacial score (nSPS) is 15.6. The predicted molar refractivity (Wildman–Crippen MR) is 85.7 cm³/mol. The number of methoxy groups -OCH3 is 1. The second kappa shape index (κ2) is 7.46. The second-order valence-electron chi connectivity index (χ2n) is 5.68. The van der Waals surface area contributed by atoms with E-state index >= 15 is 0 Å². The van der Waals surface area contributed by atoms with Gasteiger partial charge in [-0.05, 0) is 56.9 Å². The number of amides is 1. The molecule has 0 spiro atoms. The molecule has 0 radical (unpaired) electrons. The van der Waals surface area contributed by atoms with Gasteiger partial charge in [0.05, 0.1) is 6.61 Å². The van der Waals surface area contributed by atoms with Gasteiger partial charge in [-0.25, -0.2) is 0 Å². The summed E-state index contributed by atoms with van der Waals surface area (Å²) in [5, 5.41) is 3.24. The number of ether oxygens (including phenoxy) is 1. The van der Waals surface area contributed by atoms with E-state index in [1.165, 1.54) is 12.8 Å². The van der Waals surface area contributed by atoms with Crippen LogP contribution in [-0.2, 0) is 4.74 Å². The summed E-state index contributed by atoms with van der Waals surface area (Å²) in [5.74, 6) is 0.765. The summed E-state index contributed by atoms with van der Waals surface area (Å²) in [6.45, 7) is 6.33. The van der Waals surface area contributed by atoms with E-state index in [1.807, 2.05) is 29.2 Å². The van der Waals surface area contributed by atoms with E-state index in [2.05, 4.69) is 19.2 Å². The second-order valence-corrected chi connectivity index (χ2v) is 5.68. The van der Waals surface area contributed by atoms with E-state index in [0.29, 0.717) is 25.1 Å². The molecule has 1 aliphatic rings. The fourth-order valence-electron chi connectivity index (χ4n) is 2.61. The maximum Gasteiger partial charge on any atom is 0.254 e. The Morgan fingerprint density at radius 1 is 1.38 bits per heavy atom. The monoisotopic (exact) mass is 290 g/mol. The van der Waals surface area contributed by atoms with Gasteiger partial charge in [0.15, 0.2) is 0 Å². The number of hydrogen-bond donors (Lipinski definition) is 1. The van der Waals surface area contributed by atoms with Crippen LogP contribution in [0.5, 0.6) is 0 Å². The molecule has 1 atom stereocenters. The Hall–Kier alpha value is -1.55. The molecule has 0 heterocycles. The van der Waals surface area contributed by atoms with Gasteiger partial charge in [-0.2, -0.15) is 0 Å². The van der Waals surface area contributed by atoms with Crippen molar-refractivity contribution >= 4 is 11.6 Å². The fraction of sp³-hybridized carbons (Fsp3) is 0.588. The molecule has 1 saturated carbocycles. The Labute approximate surface area is 127 Å². The van der Waals surface area contributed by atoms with Gasteiger partial charge in [-0.15, -0.1) is 0 Å². The average Bonchev–Trinajstić information content (AvgIpc) is 3.33. The quantitative estimate of drug-likeness (QED) is 0.800. The minimum atomic E-state index is 0.106. The smallest absolute Gasteiger partial charge is 0.254 e. The summed E-state index contributed by atoms with van der Waals surface area (Å²) >= 11 is 0. The fourth-order valence-corrected chi connectivity index (χ4v) is 2.61. The van der Waals surface area contributed by atoms with Gasteiger partial charge >= 0.3 is 0 Å². The van der Waals surface area contributed by atoms with Crippen molar-refractivity contribution < 1.29 is 9.53 Å². The first-order valence-electron chi connectivity index (χ1n) is 7.81. The average molecular weight is 290 g/mol. The number of nitrogens with zero attached hydrogens (tertiary/aromatic N) is 1. The third-order valence-electron chi connectivity index (χ3n) is 4.11. The van der Waals surface area contributed by atoms with Crippen LogP contribution >= 0.6 is 0 Å². The summed E-state index contributed by atoms with van der Waals surface area (Å²) in [5.41, 5.74) is 1.80. The largest absolute Gasteiger partial charge is 0.385 e. The Bertz CT molecular complexity index is 454. The first-order valence-corrected chi connectivity index (χ1v) is 7.81. The van der Waals surface area contributed by atoms with Crippen molar-refractivity contribution in [1.29, 1.82) is 0 Å². The maximum absolute atomic E-state index is 12.7. The lowest BCUT2D eigenvalue weighted by Gasteiger charge is -2.29. The standard InChI is InChI=1S/C17H26N2O2/c1-4-18-16-9-7-15(8-10-16)17(20)19(11-12-21-3)13(2)14-5-6-14/h7-10,13-14,18H,4-6,11-12H2,1-3H3. The highest BCUT2D eigenvalue weighted by Gasteiger charge is 2.34. The van der Waals surface area contributed by atoms with Crippen LogP contribution in [0.3, 0.4) is 0 Å². The van der Waals surface area contributed by atoms with Gasteiger partial charge < -0.3 is 15.0 Å². The summed E-state index contributed by atoms with van der Waals surface area (Å²) in [7, 11) is 1.68. The van der Waals surface area contributed by atoms with E-state index < -0.39 is 0 Å². The molecule has 1 fully saturated rings. The lowest BCUT2D eigenvalue weighted by molar-refractivity contribution is 0.0594. The molecular formula is C17H26N2O2. The number of nitrogens with one attached hydrogen (secondary N) is 1. The predicted octanol–water partition coefficient (Wildman–Crippen LogP) is 3.01. The Balaban J connectivity index is 2.08. The molecule has 0 aromatic heterocycles. The van der Waals surface area contributed by atoms with Crippen LogP contribution < -0.4 is 5.32 Å². The molecule has 1 unspecified atom stereocenters. The van der Waals surface area contributed by atoms with Crippen molar-refractivity contribution in [2.75, 3.05) is 32.1 Å². The van der Waals surface area contributed by atoms with Crippen LogP contribution in [0.2, 0.25) is 0 Å². The molecule has 0 aliphatic heterocycles. The van der Waals surface area contributed by atoms with Crippen LogP contribution in [-0.4, -0.2) is 43.7 Å². The molecule has 1 N–H and O–H groups in total. The Morgan fingerprint density at radius 3 is 2.57 bits per heavy atom. The number of anilines is 1.